The molecule has 1 aromatic heterocycles. The van der Waals surface area contributed by atoms with E-state index in [1.54, 1.807) is 0 Å². The molecule has 0 spiro atoms. The second-order valence-electron chi connectivity index (χ2n) is 6.25. The van der Waals surface area contributed by atoms with E-state index in [4.69, 9.17) is 4.42 Å². The standard InChI is InChI=1S/C17H23N3O2/c1-11-4-5-15(8-12(11)2)17-19-18-16(22-17)13(3)20-7-6-14(9-20)10-21/h4-5,8,13-14,21H,6-7,9-10H2,1-3H3. The number of hydrogen-bond acceptors (Lipinski definition) is 5. The number of hydrogen-bond donors (Lipinski definition) is 1. The Labute approximate surface area is 131 Å². The van der Waals surface area contributed by atoms with Crippen LogP contribution in [0.15, 0.2) is 22.6 Å². The minimum atomic E-state index is 0.0874. The summed E-state index contributed by atoms with van der Waals surface area (Å²) in [6, 6.07) is 6.26. The third-order valence-electron chi connectivity index (χ3n) is 4.68. The van der Waals surface area contributed by atoms with Crippen molar-refractivity contribution in [3.8, 4) is 11.5 Å². The lowest BCUT2D eigenvalue weighted by Gasteiger charge is -2.20. The van der Waals surface area contributed by atoms with E-state index in [-0.39, 0.29) is 12.6 Å². The summed E-state index contributed by atoms with van der Waals surface area (Å²) < 4.78 is 5.88. The summed E-state index contributed by atoms with van der Waals surface area (Å²) in [7, 11) is 0. The lowest BCUT2D eigenvalue weighted by atomic mass is 10.1. The Kier molecular flexibility index (Phi) is 4.27. The molecular weight excluding hydrogens is 278 g/mol. The summed E-state index contributed by atoms with van der Waals surface area (Å²) >= 11 is 0. The van der Waals surface area contributed by atoms with Crippen LogP contribution in [0.1, 0.15) is 36.4 Å². The first kappa shape index (κ1) is 15.2. The molecule has 1 aliphatic rings. The Morgan fingerprint density at radius 2 is 2.14 bits per heavy atom. The summed E-state index contributed by atoms with van der Waals surface area (Å²) in [5, 5.41) is 17.7. The number of rotatable bonds is 4. The number of benzene rings is 1. The third-order valence-corrected chi connectivity index (χ3v) is 4.68. The Morgan fingerprint density at radius 1 is 1.32 bits per heavy atom. The van der Waals surface area contributed by atoms with Crippen molar-refractivity contribution in [1.82, 2.24) is 15.1 Å². The Balaban J connectivity index is 1.77. The van der Waals surface area contributed by atoms with Gasteiger partial charge in [-0.05, 0) is 62.9 Å². The van der Waals surface area contributed by atoms with Crippen LogP contribution < -0.4 is 0 Å². The SMILES string of the molecule is Cc1ccc(-c2nnc(C(C)N3CCC(CO)C3)o2)cc1C. The molecule has 1 aliphatic heterocycles. The lowest BCUT2D eigenvalue weighted by molar-refractivity contribution is 0.190. The van der Waals surface area contributed by atoms with Crippen molar-refractivity contribution in [3.63, 3.8) is 0 Å². The molecule has 0 bridgehead atoms. The quantitative estimate of drug-likeness (QED) is 0.941. The van der Waals surface area contributed by atoms with Crippen molar-refractivity contribution in [3.05, 3.63) is 35.2 Å². The van der Waals surface area contributed by atoms with E-state index in [1.807, 2.05) is 6.07 Å². The summed E-state index contributed by atoms with van der Waals surface area (Å²) in [5.41, 5.74) is 3.43. The zero-order valence-electron chi connectivity index (χ0n) is 13.4. The highest BCUT2D eigenvalue weighted by molar-refractivity contribution is 5.55. The van der Waals surface area contributed by atoms with Gasteiger partial charge in [0.05, 0.1) is 6.04 Å². The zero-order chi connectivity index (χ0) is 15.7. The van der Waals surface area contributed by atoms with Crippen molar-refractivity contribution < 1.29 is 9.52 Å². The van der Waals surface area contributed by atoms with Gasteiger partial charge in [-0.3, -0.25) is 4.90 Å². The van der Waals surface area contributed by atoms with Crippen LogP contribution in [0.5, 0.6) is 0 Å². The van der Waals surface area contributed by atoms with Crippen LogP contribution in [-0.4, -0.2) is 39.9 Å². The van der Waals surface area contributed by atoms with Crippen LogP contribution >= 0.6 is 0 Å². The highest BCUT2D eigenvalue weighted by Crippen LogP contribution is 2.28. The van der Waals surface area contributed by atoms with Gasteiger partial charge >= 0.3 is 0 Å². The van der Waals surface area contributed by atoms with Crippen molar-refractivity contribution in [1.29, 1.82) is 0 Å². The smallest absolute Gasteiger partial charge is 0.247 e. The summed E-state index contributed by atoms with van der Waals surface area (Å²) in [6.07, 6.45) is 1.03. The van der Waals surface area contributed by atoms with Crippen LogP contribution in [0.3, 0.4) is 0 Å². The Hall–Kier alpha value is -1.72. The van der Waals surface area contributed by atoms with Crippen molar-refractivity contribution in [2.75, 3.05) is 19.7 Å². The molecule has 22 heavy (non-hydrogen) atoms. The largest absolute Gasteiger partial charge is 0.419 e. The molecule has 0 radical (unpaired) electrons. The maximum absolute atomic E-state index is 9.26. The maximum Gasteiger partial charge on any atom is 0.247 e. The molecule has 3 rings (SSSR count). The average Bonchev–Trinajstić information content (AvgIpc) is 3.18. The molecule has 2 aromatic rings. The predicted octanol–water partition coefficient (Wildman–Crippen LogP) is 2.73. The molecule has 2 heterocycles. The fourth-order valence-corrected chi connectivity index (χ4v) is 2.91. The van der Waals surface area contributed by atoms with Crippen molar-refractivity contribution in [2.45, 2.75) is 33.2 Å². The van der Waals surface area contributed by atoms with Gasteiger partial charge in [0.25, 0.3) is 0 Å². The van der Waals surface area contributed by atoms with E-state index in [0.717, 1.165) is 25.1 Å². The van der Waals surface area contributed by atoms with E-state index >= 15 is 0 Å². The molecule has 2 unspecified atom stereocenters. The average molecular weight is 301 g/mol. The molecule has 0 saturated carbocycles. The summed E-state index contributed by atoms with van der Waals surface area (Å²) in [4.78, 5) is 2.29. The highest BCUT2D eigenvalue weighted by Gasteiger charge is 2.29. The highest BCUT2D eigenvalue weighted by atomic mass is 16.4. The monoisotopic (exact) mass is 301 g/mol. The minimum Gasteiger partial charge on any atom is -0.419 e. The molecule has 2 atom stereocenters. The summed E-state index contributed by atoms with van der Waals surface area (Å²) in [5.74, 6) is 1.58. The van der Waals surface area contributed by atoms with Crippen LogP contribution in [0.4, 0.5) is 0 Å². The Morgan fingerprint density at radius 3 is 2.82 bits per heavy atom. The fourth-order valence-electron chi connectivity index (χ4n) is 2.91. The number of nitrogens with zero attached hydrogens (tertiary/aromatic N) is 3. The van der Waals surface area contributed by atoms with Gasteiger partial charge in [0.2, 0.25) is 11.8 Å². The number of aliphatic hydroxyl groups excluding tert-OH is 1. The zero-order valence-corrected chi connectivity index (χ0v) is 13.4. The third kappa shape index (κ3) is 2.91. The van der Waals surface area contributed by atoms with Crippen molar-refractivity contribution >= 4 is 0 Å². The first-order valence-electron chi connectivity index (χ1n) is 7.84. The Bertz CT molecular complexity index is 653. The van der Waals surface area contributed by atoms with Gasteiger partial charge in [0, 0.05) is 18.7 Å². The second kappa shape index (κ2) is 6.18. The topological polar surface area (TPSA) is 62.4 Å². The van der Waals surface area contributed by atoms with Gasteiger partial charge in [-0.2, -0.15) is 0 Å². The molecule has 1 saturated heterocycles. The molecule has 1 aromatic carbocycles. The number of aliphatic hydroxyl groups is 1. The molecule has 5 nitrogen and oxygen atoms in total. The van der Waals surface area contributed by atoms with Crippen LogP contribution in [-0.2, 0) is 0 Å². The predicted molar refractivity (Wildman–Crippen MR) is 84.4 cm³/mol. The van der Waals surface area contributed by atoms with Gasteiger partial charge in [-0.1, -0.05) is 6.07 Å². The number of aryl methyl sites for hydroxylation is 2. The molecule has 1 fully saturated rings. The van der Waals surface area contributed by atoms with E-state index < -0.39 is 0 Å². The number of aromatic nitrogens is 2. The maximum atomic E-state index is 9.26. The van der Waals surface area contributed by atoms with E-state index in [1.165, 1.54) is 11.1 Å². The van der Waals surface area contributed by atoms with Crippen LogP contribution in [0, 0.1) is 19.8 Å². The fraction of sp³-hybridized carbons (Fsp3) is 0.529. The van der Waals surface area contributed by atoms with Crippen LogP contribution in [0.25, 0.3) is 11.5 Å². The molecule has 0 aliphatic carbocycles. The normalized spacial score (nSPS) is 20.5. The van der Waals surface area contributed by atoms with Gasteiger partial charge in [-0.25, -0.2) is 0 Å². The van der Waals surface area contributed by atoms with Crippen LogP contribution in [0.2, 0.25) is 0 Å². The lowest BCUT2D eigenvalue weighted by Crippen LogP contribution is -2.25. The minimum absolute atomic E-state index is 0.0874. The number of likely N-dealkylation sites (tertiary alicyclic amines) is 1. The van der Waals surface area contributed by atoms with Gasteiger partial charge in [0.1, 0.15) is 0 Å². The van der Waals surface area contributed by atoms with E-state index in [9.17, 15) is 5.11 Å². The molecule has 0 amide bonds. The molecule has 118 valence electrons. The van der Waals surface area contributed by atoms with Gasteiger partial charge < -0.3 is 9.52 Å². The second-order valence-corrected chi connectivity index (χ2v) is 6.25. The molecule has 1 N–H and O–H groups in total. The first-order valence-corrected chi connectivity index (χ1v) is 7.84. The summed E-state index contributed by atoms with van der Waals surface area (Å²) in [6.45, 7) is 8.36. The van der Waals surface area contributed by atoms with Gasteiger partial charge in [0.15, 0.2) is 0 Å². The van der Waals surface area contributed by atoms with Gasteiger partial charge in [-0.15, -0.1) is 10.2 Å². The molecular formula is C17H23N3O2. The first-order chi connectivity index (χ1) is 10.6. The van der Waals surface area contributed by atoms with E-state index in [2.05, 4.69) is 48.0 Å². The van der Waals surface area contributed by atoms with E-state index in [0.29, 0.717) is 17.7 Å². The molecule has 5 heteroatoms. The van der Waals surface area contributed by atoms with Crippen molar-refractivity contribution in [2.24, 2.45) is 5.92 Å².